The number of alkyl carbamates (subject to hydrolysis) is 1. The third-order valence-corrected chi connectivity index (χ3v) is 8.47. The molecule has 5 amide bonds. The van der Waals surface area contributed by atoms with Gasteiger partial charge in [0.25, 0.3) is 5.91 Å². The number of nitrogens with one attached hydrogen (secondary N) is 4. The SMILES string of the molecule is CCCC(NC(=O)[C@@H]1CC(=O)CN1C(=O)[C@@H](NC(=O)OCC(C)C)C1CCCCC1)C(=O)C(=O)NCC(=O)N[C@H](C(=O)O)c1ccccc1. The second-order valence-electron chi connectivity index (χ2n) is 12.9. The Morgan fingerprint density at radius 3 is 2.24 bits per heavy atom. The van der Waals surface area contributed by atoms with Crippen molar-refractivity contribution in [3.05, 3.63) is 35.9 Å². The van der Waals surface area contributed by atoms with Crippen LogP contribution in [0.3, 0.4) is 0 Å². The lowest BCUT2D eigenvalue weighted by molar-refractivity contribution is -0.144. The number of Topliss-reactive ketones (excluding diaryl/α,β-unsaturated/α-hetero) is 2. The van der Waals surface area contributed by atoms with Crippen molar-refractivity contribution in [1.29, 1.82) is 0 Å². The molecule has 268 valence electrons. The van der Waals surface area contributed by atoms with E-state index in [1.54, 1.807) is 25.1 Å². The number of rotatable bonds is 16. The van der Waals surface area contributed by atoms with Crippen molar-refractivity contribution in [1.82, 2.24) is 26.2 Å². The van der Waals surface area contributed by atoms with Gasteiger partial charge in [-0.25, -0.2) is 9.59 Å². The van der Waals surface area contributed by atoms with Gasteiger partial charge in [-0.05, 0) is 36.7 Å². The molecule has 1 unspecified atom stereocenters. The molecule has 0 spiro atoms. The number of amides is 5. The molecule has 1 saturated carbocycles. The highest BCUT2D eigenvalue weighted by molar-refractivity contribution is 6.38. The lowest BCUT2D eigenvalue weighted by atomic mass is 9.83. The van der Waals surface area contributed by atoms with E-state index in [4.69, 9.17) is 4.74 Å². The molecule has 0 aromatic heterocycles. The number of hydrogen-bond donors (Lipinski definition) is 5. The van der Waals surface area contributed by atoms with Crippen LogP contribution < -0.4 is 21.3 Å². The third kappa shape index (κ3) is 11.4. The van der Waals surface area contributed by atoms with Gasteiger partial charge < -0.3 is 36.0 Å². The fourth-order valence-corrected chi connectivity index (χ4v) is 5.97. The van der Waals surface area contributed by atoms with Crippen molar-refractivity contribution < 1.29 is 48.2 Å². The van der Waals surface area contributed by atoms with Gasteiger partial charge in [-0.2, -0.15) is 0 Å². The largest absolute Gasteiger partial charge is 0.479 e. The molecule has 15 nitrogen and oxygen atoms in total. The highest BCUT2D eigenvalue weighted by Crippen LogP contribution is 2.29. The first-order valence-electron chi connectivity index (χ1n) is 16.8. The average Bonchev–Trinajstić information content (AvgIpc) is 3.49. The molecule has 1 saturated heterocycles. The van der Waals surface area contributed by atoms with Crippen LogP contribution in [0.4, 0.5) is 4.79 Å². The average molecular weight is 686 g/mol. The fraction of sp³-hybridized carbons (Fsp3) is 0.588. The molecule has 1 aromatic rings. The molecule has 1 aliphatic heterocycles. The highest BCUT2D eigenvalue weighted by Gasteiger charge is 2.44. The lowest BCUT2D eigenvalue weighted by Gasteiger charge is -2.34. The van der Waals surface area contributed by atoms with E-state index in [0.717, 1.165) is 24.2 Å². The summed E-state index contributed by atoms with van der Waals surface area (Å²) >= 11 is 0. The normalized spacial score (nSPS) is 18.2. The Hall–Kier alpha value is -4.82. The van der Waals surface area contributed by atoms with Crippen molar-refractivity contribution in [3.8, 4) is 0 Å². The first kappa shape index (κ1) is 38.6. The molecular formula is C34H47N5O10. The number of ether oxygens (including phenoxy) is 1. The van der Waals surface area contributed by atoms with Crippen LogP contribution in [0.2, 0.25) is 0 Å². The zero-order valence-corrected chi connectivity index (χ0v) is 28.2. The lowest BCUT2D eigenvalue weighted by Crippen LogP contribution is -2.58. The minimum Gasteiger partial charge on any atom is -0.479 e. The molecule has 2 aliphatic rings. The second kappa shape index (κ2) is 18.7. The number of carboxylic acid groups (broad SMARTS) is 1. The van der Waals surface area contributed by atoms with Crippen molar-refractivity contribution >= 4 is 47.3 Å². The van der Waals surface area contributed by atoms with E-state index in [2.05, 4.69) is 21.3 Å². The maximum atomic E-state index is 13.9. The van der Waals surface area contributed by atoms with Crippen LogP contribution in [0.5, 0.6) is 0 Å². The van der Waals surface area contributed by atoms with Gasteiger partial charge in [0.2, 0.25) is 23.5 Å². The van der Waals surface area contributed by atoms with E-state index in [9.17, 15) is 43.5 Å². The molecule has 15 heteroatoms. The van der Waals surface area contributed by atoms with E-state index in [1.807, 2.05) is 13.8 Å². The van der Waals surface area contributed by atoms with E-state index in [-0.39, 0.29) is 43.6 Å². The van der Waals surface area contributed by atoms with Crippen molar-refractivity contribution in [2.75, 3.05) is 19.7 Å². The van der Waals surface area contributed by atoms with Gasteiger partial charge in [-0.3, -0.25) is 28.8 Å². The smallest absolute Gasteiger partial charge is 0.407 e. The molecule has 1 aliphatic carbocycles. The Kier molecular flexibility index (Phi) is 14.7. The fourth-order valence-electron chi connectivity index (χ4n) is 5.97. The summed E-state index contributed by atoms with van der Waals surface area (Å²) < 4.78 is 5.25. The van der Waals surface area contributed by atoms with Crippen LogP contribution in [0.1, 0.15) is 83.7 Å². The van der Waals surface area contributed by atoms with Crippen LogP contribution in [0.15, 0.2) is 30.3 Å². The minimum absolute atomic E-state index is 0.0435. The molecule has 2 fully saturated rings. The van der Waals surface area contributed by atoms with Crippen LogP contribution in [-0.2, 0) is 38.3 Å². The highest BCUT2D eigenvalue weighted by atomic mass is 16.5. The van der Waals surface area contributed by atoms with E-state index in [0.29, 0.717) is 24.8 Å². The summed E-state index contributed by atoms with van der Waals surface area (Å²) in [4.78, 5) is 104. The molecule has 3 rings (SSSR count). The Morgan fingerprint density at radius 2 is 1.63 bits per heavy atom. The number of carbonyl (C=O) groups excluding carboxylic acids is 7. The van der Waals surface area contributed by atoms with Crippen LogP contribution in [0.25, 0.3) is 0 Å². The maximum Gasteiger partial charge on any atom is 0.407 e. The van der Waals surface area contributed by atoms with Gasteiger partial charge in [-0.15, -0.1) is 0 Å². The van der Waals surface area contributed by atoms with Gasteiger partial charge in [0, 0.05) is 6.42 Å². The summed E-state index contributed by atoms with van der Waals surface area (Å²) in [5, 5.41) is 19.2. The number of nitrogens with zero attached hydrogens (tertiary/aromatic N) is 1. The molecule has 0 bridgehead atoms. The number of hydrogen-bond acceptors (Lipinski definition) is 9. The standard InChI is InChI=1S/C34H47N5O10/c1-4-11-24(29(42)31(44)35-17-26(41)37-28(33(46)47)22-14-9-6-10-15-22)36-30(43)25-16-23(40)18-39(25)32(45)27(21-12-7-5-8-13-21)38-34(48)49-19-20(2)3/h6,9-10,14-15,20-21,24-25,27-28H,4-5,7-8,11-13,16-19H2,1-3H3,(H,35,44)(H,36,43)(H,37,41)(H,38,48)(H,46,47)/t24?,25-,27-,28-/m0/s1. The van der Waals surface area contributed by atoms with Crippen LogP contribution in [-0.4, -0.2) is 95.1 Å². The summed E-state index contributed by atoms with van der Waals surface area (Å²) in [5.74, 6) is -6.36. The Labute approximate surface area is 285 Å². The third-order valence-electron chi connectivity index (χ3n) is 8.47. The van der Waals surface area contributed by atoms with Gasteiger partial charge >= 0.3 is 12.1 Å². The molecule has 1 aromatic carbocycles. The summed E-state index contributed by atoms with van der Waals surface area (Å²) in [6.45, 7) is 4.55. The first-order valence-corrected chi connectivity index (χ1v) is 16.8. The molecule has 5 N–H and O–H groups in total. The second-order valence-corrected chi connectivity index (χ2v) is 12.9. The first-order chi connectivity index (χ1) is 23.3. The maximum absolute atomic E-state index is 13.9. The van der Waals surface area contributed by atoms with Crippen LogP contribution >= 0.6 is 0 Å². The van der Waals surface area contributed by atoms with Crippen molar-refractivity contribution in [3.63, 3.8) is 0 Å². The van der Waals surface area contributed by atoms with Gasteiger partial charge in [0.15, 0.2) is 11.8 Å². The molecular weight excluding hydrogens is 638 g/mol. The number of aliphatic carboxylic acids is 1. The number of carbonyl (C=O) groups is 8. The van der Waals surface area contributed by atoms with E-state index in [1.165, 1.54) is 12.1 Å². The zero-order valence-electron chi connectivity index (χ0n) is 28.2. The van der Waals surface area contributed by atoms with E-state index >= 15 is 0 Å². The number of carboxylic acids is 1. The quantitative estimate of drug-likeness (QED) is 0.158. The zero-order chi connectivity index (χ0) is 36.1. The number of benzene rings is 1. The Morgan fingerprint density at radius 1 is 0.959 bits per heavy atom. The summed E-state index contributed by atoms with van der Waals surface area (Å²) in [6, 6.07) is 2.91. The number of ketones is 2. The Balaban J connectivity index is 1.67. The molecule has 49 heavy (non-hydrogen) atoms. The van der Waals surface area contributed by atoms with E-state index < -0.39 is 72.2 Å². The van der Waals surface area contributed by atoms with Crippen molar-refractivity contribution in [2.45, 2.75) is 96.3 Å². The molecule has 1 heterocycles. The summed E-state index contributed by atoms with van der Waals surface area (Å²) in [5.41, 5.74) is 0.307. The Bertz CT molecular complexity index is 1380. The summed E-state index contributed by atoms with van der Waals surface area (Å²) in [6.07, 6.45) is 3.39. The minimum atomic E-state index is -1.38. The van der Waals surface area contributed by atoms with Crippen LogP contribution in [0, 0.1) is 11.8 Å². The monoisotopic (exact) mass is 685 g/mol. The number of likely N-dealkylation sites (tertiary alicyclic amines) is 1. The van der Waals surface area contributed by atoms with Gasteiger partial charge in [0.1, 0.15) is 12.1 Å². The van der Waals surface area contributed by atoms with Gasteiger partial charge in [0.05, 0.1) is 25.7 Å². The topological polar surface area (TPSA) is 217 Å². The summed E-state index contributed by atoms with van der Waals surface area (Å²) in [7, 11) is 0. The predicted molar refractivity (Wildman–Crippen MR) is 175 cm³/mol. The molecule has 4 atom stereocenters. The van der Waals surface area contributed by atoms with Gasteiger partial charge in [-0.1, -0.05) is 76.8 Å². The predicted octanol–water partition coefficient (Wildman–Crippen LogP) is 1.40. The molecule has 0 radical (unpaired) electrons. The van der Waals surface area contributed by atoms with Crippen molar-refractivity contribution in [2.24, 2.45) is 11.8 Å².